The van der Waals surface area contributed by atoms with Crippen LogP contribution in [-0.2, 0) is 6.54 Å². The van der Waals surface area contributed by atoms with Crippen molar-refractivity contribution in [1.29, 1.82) is 0 Å². The van der Waals surface area contributed by atoms with E-state index < -0.39 is 4.92 Å². The van der Waals surface area contributed by atoms with Gasteiger partial charge in [-0.2, -0.15) is 0 Å². The van der Waals surface area contributed by atoms with E-state index in [0.717, 1.165) is 0 Å². The van der Waals surface area contributed by atoms with Crippen LogP contribution >= 0.6 is 11.3 Å². The van der Waals surface area contributed by atoms with Gasteiger partial charge in [0, 0.05) is 28.8 Å². The second-order valence-electron chi connectivity index (χ2n) is 5.48. The Morgan fingerprint density at radius 1 is 1.31 bits per heavy atom. The maximum Gasteiger partial charge on any atom is 0.271 e. The summed E-state index contributed by atoms with van der Waals surface area (Å²) in [5.41, 5.74) is 1.03. The first-order valence-electron chi connectivity index (χ1n) is 7.64. The number of H-pyrrole nitrogens is 1. The fourth-order valence-corrected chi connectivity index (χ4v) is 3.55. The van der Waals surface area contributed by atoms with Crippen molar-refractivity contribution in [2.45, 2.75) is 6.54 Å². The van der Waals surface area contributed by atoms with Crippen molar-refractivity contribution in [3.05, 3.63) is 74.3 Å². The minimum Gasteiger partial charge on any atom is -0.464 e. The van der Waals surface area contributed by atoms with Crippen LogP contribution in [0.4, 0.5) is 11.4 Å². The highest BCUT2D eigenvalue weighted by molar-refractivity contribution is 7.17. The van der Waals surface area contributed by atoms with E-state index in [1.165, 1.54) is 23.5 Å². The number of fused-ring (bicyclic) bond motifs is 1. The second kappa shape index (κ2) is 6.45. The third-order valence-corrected chi connectivity index (χ3v) is 4.67. The van der Waals surface area contributed by atoms with Crippen LogP contribution in [0.3, 0.4) is 0 Å². The molecular weight excluding hydrogens is 356 g/mol. The molecule has 0 aliphatic heterocycles. The fourth-order valence-electron chi connectivity index (χ4n) is 2.61. The van der Waals surface area contributed by atoms with Crippen molar-refractivity contribution in [1.82, 2.24) is 9.97 Å². The average Bonchev–Trinajstić information content (AvgIpc) is 3.29. The zero-order valence-corrected chi connectivity index (χ0v) is 14.1. The van der Waals surface area contributed by atoms with Crippen LogP contribution in [0.5, 0.6) is 0 Å². The Morgan fingerprint density at radius 3 is 2.96 bits per heavy atom. The zero-order valence-electron chi connectivity index (χ0n) is 13.3. The van der Waals surface area contributed by atoms with Crippen LogP contribution in [0.15, 0.2) is 57.3 Å². The average molecular weight is 368 g/mol. The van der Waals surface area contributed by atoms with Crippen LogP contribution in [-0.4, -0.2) is 14.9 Å². The number of thiophene rings is 1. The summed E-state index contributed by atoms with van der Waals surface area (Å²) in [6, 6.07) is 9.70. The van der Waals surface area contributed by atoms with Gasteiger partial charge in [0.2, 0.25) is 0 Å². The van der Waals surface area contributed by atoms with Crippen molar-refractivity contribution in [3.8, 4) is 11.3 Å². The van der Waals surface area contributed by atoms with Gasteiger partial charge in [0.25, 0.3) is 11.2 Å². The monoisotopic (exact) mass is 368 g/mol. The molecule has 2 N–H and O–H groups in total. The highest BCUT2D eigenvalue weighted by Crippen LogP contribution is 2.30. The van der Waals surface area contributed by atoms with Crippen molar-refractivity contribution < 1.29 is 9.34 Å². The van der Waals surface area contributed by atoms with E-state index in [1.54, 1.807) is 30.5 Å². The molecule has 0 radical (unpaired) electrons. The number of hydrogen-bond donors (Lipinski definition) is 2. The molecule has 1 aromatic carbocycles. The van der Waals surface area contributed by atoms with E-state index >= 15 is 0 Å². The van der Waals surface area contributed by atoms with Gasteiger partial charge >= 0.3 is 0 Å². The number of benzene rings is 1. The number of nitrogens with zero attached hydrogens (tertiary/aromatic N) is 2. The van der Waals surface area contributed by atoms with Gasteiger partial charge in [-0.15, -0.1) is 11.3 Å². The molecular formula is C17H12N4O4S. The molecule has 0 saturated carbocycles. The molecule has 0 atom stereocenters. The Hall–Kier alpha value is -3.46. The first-order chi connectivity index (χ1) is 12.6. The number of rotatable bonds is 5. The fraction of sp³-hybridized carbons (Fsp3) is 0.0588. The molecule has 0 spiro atoms. The van der Waals surface area contributed by atoms with E-state index in [2.05, 4.69) is 15.3 Å². The van der Waals surface area contributed by atoms with Crippen LogP contribution in [0.1, 0.15) is 5.82 Å². The molecule has 0 amide bonds. The molecule has 0 aliphatic carbocycles. The van der Waals surface area contributed by atoms with E-state index in [-0.39, 0.29) is 17.8 Å². The van der Waals surface area contributed by atoms with Crippen molar-refractivity contribution in [2.75, 3.05) is 5.32 Å². The van der Waals surface area contributed by atoms with Crippen LogP contribution in [0.25, 0.3) is 21.5 Å². The van der Waals surface area contributed by atoms with E-state index in [0.29, 0.717) is 33.1 Å². The highest BCUT2D eigenvalue weighted by Gasteiger charge is 2.14. The number of non-ortho nitro benzene ring substituents is 1. The Bertz CT molecular complexity index is 1150. The minimum atomic E-state index is -0.459. The molecule has 0 aliphatic rings. The molecule has 3 aromatic heterocycles. The predicted molar refractivity (Wildman–Crippen MR) is 98.4 cm³/mol. The molecule has 130 valence electrons. The van der Waals surface area contributed by atoms with Crippen LogP contribution in [0.2, 0.25) is 0 Å². The molecule has 4 aromatic rings. The lowest BCUT2D eigenvalue weighted by atomic mass is 10.2. The molecule has 8 nitrogen and oxygen atoms in total. The maximum atomic E-state index is 12.5. The summed E-state index contributed by atoms with van der Waals surface area (Å²) in [5.74, 6) is 1.06. The van der Waals surface area contributed by atoms with Gasteiger partial charge in [0.1, 0.15) is 16.4 Å². The Labute approximate surface area is 150 Å². The van der Waals surface area contributed by atoms with Crippen molar-refractivity contribution in [3.63, 3.8) is 0 Å². The number of anilines is 1. The van der Waals surface area contributed by atoms with Crippen LogP contribution < -0.4 is 10.9 Å². The summed E-state index contributed by atoms with van der Waals surface area (Å²) in [6.45, 7) is 0.236. The molecule has 4 rings (SSSR count). The first-order valence-corrected chi connectivity index (χ1v) is 8.52. The van der Waals surface area contributed by atoms with Gasteiger partial charge in [0.05, 0.1) is 23.1 Å². The number of nitro groups is 1. The highest BCUT2D eigenvalue weighted by atomic mass is 32.1. The lowest BCUT2D eigenvalue weighted by Gasteiger charge is -2.06. The minimum absolute atomic E-state index is 0.00625. The molecule has 0 bridgehead atoms. The summed E-state index contributed by atoms with van der Waals surface area (Å²) in [6.07, 6.45) is 1.55. The van der Waals surface area contributed by atoms with E-state index in [4.69, 9.17) is 4.42 Å². The predicted octanol–water partition coefficient (Wildman–Crippen LogP) is 3.76. The summed E-state index contributed by atoms with van der Waals surface area (Å²) in [7, 11) is 0. The maximum absolute atomic E-state index is 12.5. The number of aromatic amines is 1. The lowest BCUT2D eigenvalue weighted by Crippen LogP contribution is -2.14. The van der Waals surface area contributed by atoms with E-state index in [9.17, 15) is 14.9 Å². The summed E-state index contributed by atoms with van der Waals surface area (Å²) in [5, 5.41) is 16.2. The number of nitro benzene ring substituents is 1. The number of hydrogen-bond acceptors (Lipinski definition) is 7. The molecule has 0 saturated heterocycles. The molecule has 9 heteroatoms. The normalized spacial score (nSPS) is 10.9. The summed E-state index contributed by atoms with van der Waals surface area (Å²) in [4.78, 5) is 30.7. The van der Waals surface area contributed by atoms with Crippen molar-refractivity contribution >= 4 is 32.9 Å². The third-order valence-electron chi connectivity index (χ3n) is 3.80. The van der Waals surface area contributed by atoms with E-state index in [1.807, 2.05) is 5.38 Å². The van der Waals surface area contributed by atoms with Gasteiger partial charge in [0.15, 0.2) is 0 Å². The van der Waals surface area contributed by atoms with Crippen LogP contribution in [0, 0.1) is 10.1 Å². The lowest BCUT2D eigenvalue weighted by molar-refractivity contribution is -0.384. The van der Waals surface area contributed by atoms with Gasteiger partial charge in [-0.05, 0) is 18.2 Å². The number of nitrogens with one attached hydrogen (secondary N) is 2. The van der Waals surface area contributed by atoms with Crippen molar-refractivity contribution in [2.24, 2.45) is 0 Å². The van der Waals surface area contributed by atoms with Gasteiger partial charge < -0.3 is 14.7 Å². The molecule has 3 heterocycles. The molecule has 26 heavy (non-hydrogen) atoms. The first kappa shape index (κ1) is 16.0. The smallest absolute Gasteiger partial charge is 0.271 e. The Balaban J connectivity index is 1.61. The molecule has 0 fully saturated rings. The molecule has 0 unspecified atom stereocenters. The SMILES string of the molecule is O=c1[nH]c(CNc2cccc([N+](=O)[O-])c2)nc2scc(-c3ccco3)c12. The standard InChI is InChI=1S/C17H12N4O4S/c22-16-15-12(13-5-2-6-25-13)9-26-17(15)20-14(19-16)8-18-10-3-1-4-11(7-10)21(23)24/h1-7,9,18H,8H2,(H,19,20,22). The Morgan fingerprint density at radius 2 is 2.19 bits per heavy atom. The number of aromatic nitrogens is 2. The quantitative estimate of drug-likeness (QED) is 0.409. The zero-order chi connectivity index (χ0) is 18.1. The Kier molecular flexibility index (Phi) is 3.98. The largest absolute Gasteiger partial charge is 0.464 e. The topological polar surface area (TPSA) is 114 Å². The summed E-state index contributed by atoms with van der Waals surface area (Å²) >= 11 is 1.36. The second-order valence-corrected chi connectivity index (χ2v) is 6.34. The van der Waals surface area contributed by atoms with Gasteiger partial charge in [-0.1, -0.05) is 6.07 Å². The third kappa shape index (κ3) is 2.95. The number of furan rings is 1. The van der Waals surface area contributed by atoms with Gasteiger partial charge in [-0.3, -0.25) is 14.9 Å². The van der Waals surface area contributed by atoms with Gasteiger partial charge in [-0.25, -0.2) is 4.98 Å². The summed E-state index contributed by atoms with van der Waals surface area (Å²) < 4.78 is 5.37.